The second-order valence-corrected chi connectivity index (χ2v) is 8.92. The fourth-order valence-corrected chi connectivity index (χ4v) is 2.94. The lowest BCUT2D eigenvalue weighted by atomic mass is 10.1. The van der Waals surface area contributed by atoms with E-state index in [0.717, 1.165) is 25.7 Å². The van der Waals surface area contributed by atoms with Gasteiger partial charge in [-0.05, 0) is 37.6 Å². The Balaban J connectivity index is 2.18. The third-order valence-corrected chi connectivity index (χ3v) is 5.11. The Hall–Kier alpha value is -1.21. The minimum absolute atomic E-state index is 0.0412. The molecule has 1 atom stereocenters. The minimum Gasteiger partial charge on any atom is -0.477 e. The summed E-state index contributed by atoms with van der Waals surface area (Å²) in [7, 11) is -3.94. The fraction of sp³-hybridized carbons (Fsp3) is 0.750. The van der Waals surface area contributed by atoms with Crippen molar-refractivity contribution in [3.63, 3.8) is 0 Å². The quantitative estimate of drug-likeness (QED) is 0.197. The van der Waals surface area contributed by atoms with Crippen molar-refractivity contribution in [2.24, 2.45) is 11.3 Å². The van der Waals surface area contributed by atoms with E-state index >= 15 is 0 Å². The standard InChI is InChI=1S/C16H29N2O6P/c1-16(2)11-12(16)14(19)18-13(15(20)21)7-5-3-4-6-8-17-9-10-25(22,23)24/h7,12,17H,3-6,8-11H2,1-2H3,(H,18,19)(H,20,21)(H2,22,23,24)/b13-7-. The number of carbonyl (C=O) groups excluding carboxylic acids is 1. The summed E-state index contributed by atoms with van der Waals surface area (Å²) in [6, 6.07) is 0. The van der Waals surface area contributed by atoms with Gasteiger partial charge in [-0.3, -0.25) is 9.36 Å². The van der Waals surface area contributed by atoms with E-state index in [0.29, 0.717) is 13.0 Å². The summed E-state index contributed by atoms with van der Waals surface area (Å²) in [6.45, 7) is 4.89. The van der Waals surface area contributed by atoms with Crippen molar-refractivity contribution in [2.45, 2.75) is 46.0 Å². The number of hydrogen-bond acceptors (Lipinski definition) is 4. The molecule has 0 aliphatic heterocycles. The molecular formula is C16H29N2O6P. The molecule has 0 aromatic carbocycles. The van der Waals surface area contributed by atoms with E-state index in [9.17, 15) is 14.2 Å². The van der Waals surface area contributed by atoms with Crippen LogP contribution in [-0.2, 0) is 14.2 Å². The normalized spacial score (nSPS) is 19.5. The Kier molecular flexibility index (Phi) is 8.28. The molecule has 0 heterocycles. The van der Waals surface area contributed by atoms with E-state index in [1.54, 1.807) is 0 Å². The highest BCUT2D eigenvalue weighted by atomic mass is 31.2. The summed E-state index contributed by atoms with van der Waals surface area (Å²) < 4.78 is 10.7. The molecule has 0 radical (unpaired) electrons. The third kappa shape index (κ3) is 9.16. The van der Waals surface area contributed by atoms with E-state index in [2.05, 4.69) is 10.6 Å². The van der Waals surface area contributed by atoms with Gasteiger partial charge >= 0.3 is 13.6 Å². The molecule has 144 valence electrons. The first-order valence-corrected chi connectivity index (χ1v) is 10.3. The van der Waals surface area contributed by atoms with Crippen LogP contribution in [0.15, 0.2) is 11.8 Å². The first-order valence-electron chi connectivity index (χ1n) is 8.52. The van der Waals surface area contributed by atoms with Gasteiger partial charge in [-0.2, -0.15) is 0 Å². The van der Waals surface area contributed by atoms with Crippen LogP contribution in [0.5, 0.6) is 0 Å². The maximum Gasteiger partial charge on any atom is 0.352 e. The molecule has 9 heteroatoms. The number of nitrogens with one attached hydrogen (secondary N) is 2. The monoisotopic (exact) mass is 376 g/mol. The van der Waals surface area contributed by atoms with E-state index in [-0.39, 0.29) is 35.6 Å². The number of carbonyl (C=O) groups is 2. The van der Waals surface area contributed by atoms with Gasteiger partial charge in [-0.1, -0.05) is 26.3 Å². The van der Waals surface area contributed by atoms with Crippen LogP contribution in [0.4, 0.5) is 0 Å². The predicted molar refractivity (Wildman–Crippen MR) is 94.0 cm³/mol. The van der Waals surface area contributed by atoms with Crippen LogP contribution in [0.25, 0.3) is 0 Å². The van der Waals surface area contributed by atoms with Crippen molar-refractivity contribution < 1.29 is 29.0 Å². The van der Waals surface area contributed by atoms with Gasteiger partial charge in [0, 0.05) is 12.5 Å². The maximum absolute atomic E-state index is 12.0. The van der Waals surface area contributed by atoms with Gasteiger partial charge in [0.05, 0.1) is 6.16 Å². The van der Waals surface area contributed by atoms with Crippen LogP contribution in [0.2, 0.25) is 0 Å². The molecule has 0 spiro atoms. The zero-order valence-electron chi connectivity index (χ0n) is 14.8. The molecule has 25 heavy (non-hydrogen) atoms. The second kappa shape index (κ2) is 9.48. The number of allylic oxidation sites excluding steroid dienone is 1. The summed E-state index contributed by atoms with van der Waals surface area (Å²) in [5, 5.41) is 14.6. The Morgan fingerprint density at radius 2 is 1.84 bits per heavy atom. The molecule has 1 amide bonds. The van der Waals surface area contributed by atoms with Crippen molar-refractivity contribution in [1.82, 2.24) is 10.6 Å². The summed E-state index contributed by atoms with van der Waals surface area (Å²) in [5.74, 6) is -1.48. The maximum atomic E-state index is 12.0. The van der Waals surface area contributed by atoms with Crippen molar-refractivity contribution in [3.05, 3.63) is 11.8 Å². The molecule has 0 bridgehead atoms. The van der Waals surface area contributed by atoms with Gasteiger partial charge < -0.3 is 25.5 Å². The topological polar surface area (TPSA) is 136 Å². The van der Waals surface area contributed by atoms with Crippen LogP contribution in [0.1, 0.15) is 46.0 Å². The molecule has 1 rings (SSSR count). The zero-order valence-corrected chi connectivity index (χ0v) is 15.7. The second-order valence-electron chi connectivity index (χ2n) is 7.15. The van der Waals surface area contributed by atoms with Crippen molar-refractivity contribution >= 4 is 19.5 Å². The molecule has 1 fully saturated rings. The number of aliphatic carboxylic acids is 1. The smallest absolute Gasteiger partial charge is 0.352 e. The number of amides is 1. The molecule has 0 saturated heterocycles. The molecule has 8 nitrogen and oxygen atoms in total. The van der Waals surface area contributed by atoms with Crippen LogP contribution >= 0.6 is 7.60 Å². The average Bonchev–Trinajstić information content (AvgIpc) is 3.11. The molecule has 5 N–H and O–H groups in total. The summed E-state index contributed by atoms with van der Waals surface area (Å²) in [5.41, 5.74) is -0.104. The third-order valence-electron chi connectivity index (χ3n) is 4.30. The number of hydrogen-bond donors (Lipinski definition) is 5. The SMILES string of the molecule is CC1(C)CC1C(=O)N/C(=C\CCCCCNCCP(=O)(O)O)C(=O)O. The fourth-order valence-electron chi connectivity index (χ4n) is 2.49. The Labute approximate surface area is 148 Å². The van der Waals surface area contributed by atoms with Crippen LogP contribution in [0.3, 0.4) is 0 Å². The van der Waals surface area contributed by atoms with Gasteiger partial charge in [0.2, 0.25) is 5.91 Å². The minimum atomic E-state index is -3.94. The van der Waals surface area contributed by atoms with Gasteiger partial charge in [0.15, 0.2) is 0 Å². The van der Waals surface area contributed by atoms with Gasteiger partial charge in [-0.25, -0.2) is 4.79 Å². The highest BCUT2D eigenvalue weighted by Gasteiger charge is 2.50. The largest absolute Gasteiger partial charge is 0.477 e. The van der Waals surface area contributed by atoms with Crippen LogP contribution in [-0.4, -0.2) is 46.0 Å². The number of rotatable bonds is 12. The number of carboxylic acids is 1. The number of unbranched alkanes of at least 4 members (excludes halogenated alkanes) is 3. The Bertz CT molecular complexity index is 555. The lowest BCUT2D eigenvalue weighted by Crippen LogP contribution is -2.29. The first kappa shape index (κ1) is 21.8. The highest BCUT2D eigenvalue weighted by molar-refractivity contribution is 7.51. The van der Waals surface area contributed by atoms with Crippen molar-refractivity contribution in [2.75, 3.05) is 19.3 Å². The molecule has 1 aliphatic rings. The molecule has 0 aromatic heterocycles. The average molecular weight is 376 g/mol. The van der Waals surface area contributed by atoms with Gasteiger partial charge in [0.1, 0.15) is 5.70 Å². The molecule has 0 aromatic rings. The highest BCUT2D eigenvalue weighted by Crippen LogP contribution is 2.51. The molecule has 1 aliphatic carbocycles. The summed E-state index contributed by atoms with van der Waals surface area (Å²) >= 11 is 0. The van der Waals surface area contributed by atoms with Crippen molar-refractivity contribution in [1.29, 1.82) is 0 Å². The molecule has 1 unspecified atom stereocenters. The predicted octanol–water partition coefficient (Wildman–Crippen LogP) is 1.44. The van der Waals surface area contributed by atoms with Crippen LogP contribution in [0, 0.1) is 11.3 Å². The first-order chi connectivity index (χ1) is 11.5. The van der Waals surface area contributed by atoms with E-state index < -0.39 is 13.6 Å². The van der Waals surface area contributed by atoms with E-state index in [1.807, 2.05) is 13.8 Å². The van der Waals surface area contributed by atoms with Crippen LogP contribution < -0.4 is 10.6 Å². The Morgan fingerprint density at radius 3 is 2.36 bits per heavy atom. The number of carboxylic acid groups (broad SMARTS) is 1. The van der Waals surface area contributed by atoms with Gasteiger partial charge in [0.25, 0.3) is 0 Å². The van der Waals surface area contributed by atoms with E-state index in [1.165, 1.54) is 6.08 Å². The summed E-state index contributed by atoms with van der Waals surface area (Å²) in [6.07, 6.45) is 5.17. The lowest BCUT2D eigenvalue weighted by molar-refractivity contribution is -0.135. The zero-order chi connectivity index (χ0) is 19.1. The van der Waals surface area contributed by atoms with E-state index in [4.69, 9.17) is 14.9 Å². The van der Waals surface area contributed by atoms with Crippen molar-refractivity contribution in [3.8, 4) is 0 Å². The summed E-state index contributed by atoms with van der Waals surface area (Å²) in [4.78, 5) is 40.6. The molecule has 1 saturated carbocycles. The Morgan fingerprint density at radius 1 is 1.20 bits per heavy atom. The van der Waals surface area contributed by atoms with Gasteiger partial charge in [-0.15, -0.1) is 0 Å². The lowest BCUT2D eigenvalue weighted by Gasteiger charge is -2.08. The molecular weight excluding hydrogens is 347 g/mol.